The molecule has 1 amide bonds. The van der Waals surface area contributed by atoms with E-state index in [4.69, 9.17) is 4.74 Å². The molecule has 3 aromatic rings. The molecule has 128 valence electrons. The highest BCUT2D eigenvalue weighted by atomic mass is 16.5. The van der Waals surface area contributed by atoms with Gasteiger partial charge in [0.2, 0.25) is 5.91 Å². The normalized spacial score (nSPS) is 11.1. The molecule has 2 aromatic heterocycles. The molecule has 0 aliphatic heterocycles. The summed E-state index contributed by atoms with van der Waals surface area (Å²) in [5, 5.41) is 7.93. The number of para-hydroxylation sites is 1. The van der Waals surface area contributed by atoms with Gasteiger partial charge in [0.25, 0.3) is 0 Å². The van der Waals surface area contributed by atoms with Crippen LogP contribution in [-0.2, 0) is 11.8 Å². The summed E-state index contributed by atoms with van der Waals surface area (Å²) >= 11 is 0. The Kier molecular flexibility index (Phi) is 5.41. The predicted octanol–water partition coefficient (Wildman–Crippen LogP) is 2.57. The molecule has 0 saturated heterocycles. The molecule has 0 unspecified atom stereocenters. The van der Waals surface area contributed by atoms with E-state index in [2.05, 4.69) is 15.4 Å². The Morgan fingerprint density at radius 3 is 3.04 bits per heavy atom. The quantitative estimate of drug-likeness (QED) is 0.532. The van der Waals surface area contributed by atoms with Crippen molar-refractivity contribution in [1.29, 1.82) is 0 Å². The van der Waals surface area contributed by atoms with Crippen LogP contribution < -0.4 is 10.1 Å². The molecule has 0 spiro atoms. The van der Waals surface area contributed by atoms with Gasteiger partial charge >= 0.3 is 0 Å². The zero-order valence-corrected chi connectivity index (χ0v) is 14.1. The largest absolute Gasteiger partial charge is 0.491 e. The van der Waals surface area contributed by atoms with E-state index in [1.807, 2.05) is 43.6 Å². The Bertz CT molecular complexity index is 881. The van der Waals surface area contributed by atoms with E-state index in [9.17, 15) is 4.79 Å². The Morgan fingerprint density at radius 1 is 1.32 bits per heavy atom. The Hall–Kier alpha value is -3.15. The van der Waals surface area contributed by atoms with Gasteiger partial charge in [-0.2, -0.15) is 5.10 Å². The van der Waals surface area contributed by atoms with Crippen molar-refractivity contribution >= 4 is 22.9 Å². The fourth-order valence-electron chi connectivity index (χ4n) is 2.42. The number of amides is 1. The van der Waals surface area contributed by atoms with Crippen LogP contribution in [0.15, 0.2) is 55.0 Å². The molecule has 6 heteroatoms. The summed E-state index contributed by atoms with van der Waals surface area (Å²) in [6, 6.07) is 9.77. The van der Waals surface area contributed by atoms with Crippen LogP contribution in [0.2, 0.25) is 0 Å². The number of nitrogens with zero attached hydrogens (tertiary/aromatic N) is 3. The monoisotopic (exact) mass is 336 g/mol. The zero-order chi connectivity index (χ0) is 17.5. The first-order valence-electron chi connectivity index (χ1n) is 8.13. The van der Waals surface area contributed by atoms with E-state index >= 15 is 0 Å². The summed E-state index contributed by atoms with van der Waals surface area (Å²) in [6.07, 6.45) is 9.26. The van der Waals surface area contributed by atoms with Gasteiger partial charge in [0, 0.05) is 43.0 Å². The fraction of sp³-hybridized carbons (Fsp3) is 0.211. The molecular weight excluding hydrogens is 316 g/mol. The first-order valence-corrected chi connectivity index (χ1v) is 8.13. The van der Waals surface area contributed by atoms with E-state index in [-0.39, 0.29) is 5.91 Å². The van der Waals surface area contributed by atoms with Crippen molar-refractivity contribution in [3.05, 3.63) is 60.6 Å². The van der Waals surface area contributed by atoms with Crippen LogP contribution in [0.4, 0.5) is 0 Å². The minimum absolute atomic E-state index is 0.129. The van der Waals surface area contributed by atoms with E-state index in [0.717, 1.165) is 28.6 Å². The maximum atomic E-state index is 11.8. The van der Waals surface area contributed by atoms with Gasteiger partial charge < -0.3 is 10.1 Å². The molecule has 0 aliphatic carbocycles. The molecule has 25 heavy (non-hydrogen) atoms. The molecule has 3 rings (SSSR count). The van der Waals surface area contributed by atoms with E-state index in [1.54, 1.807) is 23.2 Å². The molecule has 2 heterocycles. The lowest BCUT2D eigenvalue weighted by molar-refractivity contribution is -0.116. The highest BCUT2D eigenvalue weighted by Gasteiger charge is 2.02. The van der Waals surface area contributed by atoms with Crippen LogP contribution in [-0.4, -0.2) is 33.8 Å². The topological polar surface area (TPSA) is 69.0 Å². The van der Waals surface area contributed by atoms with Crippen molar-refractivity contribution in [3.8, 4) is 5.75 Å². The number of nitrogens with one attached hydrogen (secondary N) is 1. The lowest BCUT2D eigenvalue weighted by Crippen LogP contribution is -2.23. The number of carbonyl (C=O) groups excluding carboxylic acids is 1. The minimum Gasteiger partial charge on any atom is -0.491 e. The summed E-state index contributed by atoms with van der Waals surface area (Å²) in [5.41, 5.74) is 1.75. The van der Waals surface area contributed by atoms with Gasteiger partial charge in [0.1, 0.15) is 11.3 Å². The Morgan fingerprint density at radius 2 is 2.20 bits per heavy atom. The predicted molar refractivity (Wildman–Crippen MR) is 97.1 cm³/mol. The summed E-state index contributed by atoms with van der Waals surface area (Å²) in [7, 11) is 1.84. The second kappa shape index (κ2) is 8.10. The number of aryl methyl sites for hydroxylation is 1. The zero-order valence-electron chi connectivity index (χ0n) is 14.1. The number of ether oxygens (including phenoxy) is 1. The molecular formula is C19H20N4O2. The second-order valence-electron chi connectivity index (χ2n) is 5.60. The van der Waals surface area contributed by atoms with Gasteiger partial charge in [-0.1, -0.05) is 18.2 Å². The van der Waals surface area contributed by atoms with E-state index < -0.39 is 0 Å². The lowest BCUT2D eigenvalue weighted by Gasteiger charge is -2.08. The molecule has 0 bridgehead atoms. The van der Waals surface area contributed by atoms with E-state index in [0.29, 0.717) is 13.2 Å². The molecule has 0 saturated carbocycles. The van der Waals surface area contributed by atoms with Crippen molar-refractivity contribution in [3.63, 3.8) is 0 Å². The van der Waals surface area contributed by atoms with Crippen molar-refractivity contribution in [2.24, 2.45) is 7.05 Å². The third-order valence-corrected chi connectivity index (χ3v) is 3.63. The SMILES string of the molecule is Cn1cc(C=CC(=O)NCCCOc2cccc3cccnc23)cn1. The number of rotatable bonds is 7. The maximum Gasteiger partial charge on any atom is 0.244 e. The summed E-state index contributed by atoms with van der Waals surface area (Å²) in [6.45, 7) is 1.07. The van der Waals surface area contributed by atoms with Crippen molar-refractivity contribution < 1.29 is 9.53 Å². The van der Waals surface area contributed by atoms with Crippen LogP contribution in [0.3, 0.4) is 0 Å². The number of benzene rings is 1. The Labute approximate surface area is 146 Å². The van der Waals surface area contributed by atoms with Gasteiger partial charge in [-0.3, -0.25) is 14.5 Å². The van der Waals surface area contributed by atoms with Crippen LogP contribution in [0, 0.1) is 0 Å². The number of hydrogen-bond acceptors (Lipinski definition) is 4. The smallest absolute Gasteiger partial charge is 0.244 e. The third-order valence-electron chi connectivity index (χ3n) is 3.63. The van der Waals surface area contributed by atoms with Crippen molar-refractivity contribution in [2.75, 3.05) is 13.2 Å². The molecule has 1 aromatic carbocycles. The number of hydrogen-bond donors (Lipinski definition) is 1. The van der Waals surface area contributed by atoms with Crippen LogP contribution >= 0.6 is 0 Å². The average molecular weight is 336 g/mol. The number of aromatic nitrogens is 3. The van der Waals surface area contributed by atoms with Gasteiger partial charge in [-0.25, -0.2) is 0 Å². The number of pyridine rings is 1. The fourth-order valence-corrected chi connectivity index (χ4v) is 2.42. The maximum absolute atomic E-state index is 11.8. The summed E-state index contributed by atoms with van der Waals surface area (Å²) < 4.78 is 7.48. The highest BCUT2D eigenvalue weighted by Crippen LogP contribution is 2.22. The molecule has 1 N–H and O–H groups in total. The molecule has 0 aliphatic rings. The first kappa shape index (κ1) is 16.7. The van der Waals surface area contributed by atoms with Crippen LogP contribution in [0.1, 0.15) is 12.0 Å². The van der Waals surface area contributed by atoms with Gasteiger partial charge in [0.05, 0.1) is 12.8 Å². The number of carbonyl (C=O) groups is 1. The summed E-state index contributed by atoms with van der Waals surface area (Å²) in [5.74, 6) is 0.636. The van der Waals surface area contributed by atoms with Gasteiger partial charge in [-0.15, -0.1) is 0 Å². The Balaban J connectivity index is 1.41. The number of fused-ring (bicyclic) bond motifs is 1. The molecule has 0 atom stereocenters. The van der Waals surface area contributed by atoms with Crippen molar-refractivity contribution in [1.82, 2.24) is 20.1 Å². The first-order chi connectivity index (χ1) is 12.2. The molecule has 0 fully saturated rings. The highest BCUT2D eigenvalue weighted by molar-refractivity contribution is 5.91. The van der Waals surface area contributed by atoms with Crippen molar-refractivity contribution in [2.45, 2.75) is 6.42 Å². The lowest BCUT2D eigenvalue weighted by atomic mass is 10.2. The second-order valence-corrected chi connectivity index (χ2v) is 5.60. The minimum atomic E-state index is -0.129. The van der Waals surface area contributed by atoms with Crippen LogP contribution in [0.25, 0.3) is 17.0 Å². The van der Waals surface area contributed by atoms with Crippen LogP contribution in [0.5, 0.6) is 5.75 Å². The third kappa shape index (κ3) is 4.67. The average Bonchev–Trinajstić information content (AvgIpc) is 3.05. The standard InChI is InChI=1S/C19H20N4O2/c1-23-14-15(13-22-23)8-9-18(24)20-11-4-12-25-17-7-2-5-16-6-3-10-21-19(16)17/h2-3,5-10,13-14H,4,11-12H2,1H3,(H,20,24). The van der Waals surface area contributed by atoms with Gasteiger partial charge in [0.15, 0.2) is 0 Å². The van der Waals surface area contributed by atoms with E-state index in [1.165, 1.54) is 6.08 Å². The van der Waals surface area contributed by atoms with Gasteiger partial charge in [-0.05, 0) is 24.6 Å². The molecule has 6 nitrogen and oxygen atoms in total. The molecule has 0 radical (unpaired) electrons. The summed E-state index contributed by atoms with van der Waals surface area (Å²) in [4.78, 5) is 16.1.